The van der Waals surface area contributed by atoms with Gasteiger partial charge in [-0.05, 0) is 29.3 Å². The third-order valence-corrected chi connectivity index (χ3v) is 5.39. The Bertz CT molecular complexity index is 799. The average molecular weight is 420 g/mol. The van der Waals surface area contributed by atoms with Crippen LogP contribution in [0.15, 0.2) is 75.6 Å². The molecule has 1 unspecified atom stereocenters. The van der Waals surface area contributed by atoms with Gasteiger partial charge in [0.25, 0.3) is 0 Å². The Morgan fingerprint density at radius 3 is 2.67 bits per heavy atom. The second-order valence-electron chi connectivity index (χ2n) is 5.32. The van der Waals surface area contributed by atoms with E-state index in [-0.39, 0.29) is 6.04 Å². The maximum Gasteiger partial charge on any atom is 0.184 e. The van der Waals surface area contributed by atoms with E-state index < -0.39 is 0 Å². The van der Waals surface area contributed by atoms with Gasteiger partial charge >= 0.3 is 0 Å². The van der Waals surface area contributed by atoms with Crippen molar-refractivity contribution in [2.75, 3.05) is 5.75 Å². The van der Waals surface area contributed by atoms with E-state index in [0.717, 1.165) is 43.7 Å². The van der Waals surface area contributed by atoms with Crippen molar-refractivity contribution >= 4 is 50.2 Å². The third-order valence-electron chi connectivity index (χ3n) is 3.66. The number of benzene rings is 2. The molecule has 0 saturated heterocycles. The summed E-state index contributed by atoms with van der Waals surface area (Å²) in [6.07, 6.45) is 2.60. The van der Waals surface area contributed by atoms with Gasteiger partial charge in [0, 0.05) is 21.7 Å². The summed E-state index contributed by atoms with van der Waals surface area (Å²) in [5, 5.41) is 1.53. The fourth-order valence-corrected chi connectivity index (χ4v) is 3.67. The van der Waals surface area contributed by atoms with Crippen LogP contribution < -0.4 is 0 Å². The zero-order chi connectivity index (χ0) is 16.9. The van der Waals surface area contributed by atoms with E-state index in [9.17, 15) is 0 Å². The number of halogens is 2. The summed E-state index contributed by atoms with van der Waals surface area (Å²) in [6.45, 7) is 3.77. The van der Waals surface area contributed by atoms with E-state index in [4.69, 9.17) is 21.6 Å². The second kappa shape index (κ2) is 8.15. The molecule has 24 heavy (non-hydrogen) atoms. The number of nitrogens with zero attached hydrogens (tertiary/aromatic N) is 2. The molecule has 0 amide bonds. The SMILES string of the molecule is C=CCSC1=NC(c2ccccc2Cl)CC(c2ccc(Br)cc2)=N1. The van der Waals surface area contributed by atoms with Gasteiger partial charge in [-0.1, -0.05) is 75.7 Å². The monoisotopic (exact) mass is 418 g/mol. The Morgan fingerprint density at radius 2 is 1.96 bits per heavy atom. The minimum Gasteiger partial charge on any atom is -0.252 e. The van der Waals surface area contributed by atoms with Crippen LogP contribution in [0.2, 0.25) is 5.02 Å². The Morgan fingerprint density at radius 1 is 1.21 bits per heavy atom. The molecule has 1 heterocycles. The third kappa shape index (κ3) is 4.18. The quantitative estimate of drug-likeness (QED) is 0.533. The van der Waals surface area contributed by atoms with Gasteiger partial charge in [0.15, 0.2) is 5.17 Å². The van der Waals surface area contributed by atoms with Gasteiger partial charge in [-0.15, -0.1) is 6.58 Å². The lowest BCUT2D eigenvalue weighted by Crippen LogP contribution is -2.15. The molecular formula is C19H16BrClN2S. The molecule has 2 aromatic rings. The van der Waals surface area contributed by atoms with Crippen molar-refractivity contribution in [1.29, 1.82) is 0 Å². The van der Waals surface area contributed by atoms with Crippen LogP contribution in [0.3, 0.4) is 0 Å². The molecular weight excluding hydrogens is 404 g/mol. The molecule has 5 heteroatoms. The highest BCUT2D eigenvalue weighted by Crippen LogP contribution is 2.33. The molecule has 0 fully saturated rings. The van der Waals surface area contributed by atoms with Crippen molar-refractivity contribution in [3.63, 3.8) is 0 Å². The summed E-state index contributed by atoms with van der Waals surface area (Å²) in [6, 6.07) is 16.1. The molecule has 0 N–H and O–H groups in total. The van der Waals surface area contributed by atoms with Crippen molar-refractivity contribution in [2.45, 2.75) is 12.5 Å². The van der Waals surface area contributed by atoms with E-state index in [1.165, 1.54) is 0 Å². The Hall–Kier alpha value is -1.36. The van der Waals surface area contributed by atoms with E-state index in [1.807, 2.05) is 42.5 Å². The molecule has 122 valence electrons. The first-order valence-corrected chi connectivity index (χ1v) is 9.72. The van der Waals surface area contributed by atoms with Crippen LogP contribution in [-0.2, 0) is 0 Å². The van der Waals surface area contributed by atoms with Gasteiger partial charge in [0.1, 0.15) is 0 Å². The van der Waals surface area contributed by atoms with Crippen LogP contribution in [0.25, 0.3) is 0 Å². The highest BCUT2D eigenvalue weighted by Gasteiger charge is 2.22. The molecule has 0 saturated carbocycles. The van der Waals surface area contributed by atoms with Crippen LogP contribution in [-0.4, -0.2) is 16.6 Å². The Balaban J connectivity index is 1.96. The molecule has 2 aromatic carbocycles. The highest BCUT2D eigenvalue weighted by molar-refractivity contribution is 9.10. The predicted molar refractivity (Wildman–Crippen MR) is 110 cm³/mol. The van der Waals surface area contributed by atoms with Crippen LogP contribution in [0, 0.1) is 0 Å². The highest BCUT2D eigenvalue weighted by atomic mass is 79.9. The second-order valence-corrected chi connectivity index (χ2v) is 7.63. The number of amidine groups is 1. The first-order valence-electron chi connectivity index (χ1n) is 7.57. The summed E-state index contributed by atoms with van der Waals surface area (Å²) in [5.41, 5.74) is 3.19. The van der Waals surface area contributed by atoms with E-state index >= 15 is 0 Å². The summed E-state index contributed by atoms with van der Waals surface area (Å²) in [7, 11) is 0. The first kappa shape index (κ1) is 17.5. The minimum atomic E-state index is -0.0119. The summed E-state index contributed by atoms with van der Waals surface area (Å²) >= 11 is 11.5. The molecule has 0 aliphatic carbocycles. The zero-order valence-corrected chi connectivity index (χ0v) is 16.1. The normalized spacial score (nSPS) is 17.2. The van der Waals surface area contributed by atoms with Crippen molar-refractivity contribution in [1.82, 2.24) is 0 Å². The average Bonchev–Trinajstić information content (AvgIpc) is 2.60. The van der Waals surface area contributed by atoms with Gasteiger partial charge in [0.05, 0.1) is 11.8 Å². The van der Waals surface area contributed by atoms with E-state index in [1.54, 1.807) is 11.8 Å². The Kier molecular flexibility index (Phi) is 5.93. The van der Waals surface area contributed by atoms with Gasteiger partial charge in [-0.3, -0.25) is 4.99 Å². The fraction of sp³-hybridized carbons (Fsp3) is 0.158. The molecule has 1 atom stereocenters. The maximum atomic E-state index is 6.39. The van der Waals surface area contributed by atoms with Crippen LogP contribution in [0.1, 0.15) is 23.6 Å². The molecule has 3 rings (SSSR count). The van der Waals surface area contributed by atoms with Crippen LogP contribution >= 0.6 is 39.3 Å². The molecule has 2 nitrogen and oxygen atoms in total. The zero-order valence-electron chi connectivity index (χ0n) is 13.0. The molecule has 1 aliphatic heterocycles. The lowest BCUT2D eigenvalue weighted by molar-refractivity contribution is 0.757. The van der Waals surface area contributed by atoms with Crippen molar-refractivity contribution < 1.29 is 0 Å². The van der Waals surface area contributed by atoms with Gasteiger partial charge in [-0.2, -0.15) is 0 Å². The largest absolute Gasteiger partial charge is 0.252 e. The topological polar surface area (TPSA) is 24.7 Å². The maximum absolute atomic E-state index is 6.39. The fourth-order valence-electron chi connectivity index (χ4n) is 2.50. The predicted octanol–water partition coefficient (Wildman–Crippen LogP) is 6.31. The standard InChI is InChI=1S/C19H16BrClN2S/c1-2-11-24-19-22-17(13-7-9-14(20)10-8-13)12-18(23-19)15-5-3-4-6-16(15)21/h2-10,18H,1,11-12H2. The lowest BCUT2D eigenvalue weighted by atomic mass is 9.97. The molecule has 0 radical (unpaired) electrons. The Labute approximate surface area is 159 Å². The number of rotatable bonds is 4. The number of hydrogen-bond donors (Lipinski definition) is 0. The first-order chi connectivity index (χ1) is 11.7. The molecule has 0 bridgehead atoms. The van der Waals surface area contributed by atoms with Crippen LogP contribution in [0.4, 0.5) is 0 Å². The smallest absolute Gasteiger partial charge is 0.184 e. The van der Waals surface area contributed by atoms with Gasteiger partial charge in [0.2, 0.25) is 0 Å². The number of aliphatic imine (C=N–C) groups is 2. The van der Waals surface area contributed by atoms with Crippen molar-refractivity contribution in [3.05, 3.63) is 81.8 Å². The summed E-state index contributed by atoms with van der Waals surface area (Å²) in [4.78, 5) is 9.54. The van der Waals surface area contributed by atoms with Crippen molar-refractivity contribution in [3.8, 4) is 0 Å². The lowest BCUT2D eigenvalue weighted by Gasteiger charge is -2.21. The van der Waals surface area contributed by atoms with E-state index in [0.29, 0.717) is 0 Å². The molecule has 0 aromatic heterocycles. The van der Waals surface area contributed by atoms with Gasteiger partial charge in [-0.25, -0.2) is 4.99 Å². The summed E-state index contributed by atoms with van der Waals surface area (Å²) < 4.78 is 1.06. The van der Waals surface area contributed by atoms with E-state index in [2.05, 4.69) is 34.6 Å². The molecule has 0 spiro atoms. The van der Waals surface area contributed by atoms with Crippen LogP contribution in [0.5, 0.6) is 0 Å². The molecule has 1 aliphatic rings. The number of hydrogen-bond acceptors (Lipinski definition) is 3. The van der Waals surface area contributed by atoms with Gasteiger partial charge < -0.3 is 0 Å². The number of thioether (sulfide) groups is 1. The minimum absolute atomic E-state index is 0.0119. The summed E-state index contributed by atoms with van der Waals surface area (Å²) in [5.74, 6) is 0.783. The van der Waals surface area contributed by atoms with Crippen molar-refractivity contribution in [2.24, 2.45) is 9.98 Å².